The summed E-state index contributed by atoms with van der Waals surface area (Å²) in [6, 6.07) is 9.33. The second kappa shape index (κ2) is 9.78. The quantitative estimate of drug-likeness (QED) is 0.684. The molecule has 0 aliphatic rings. The lowest BCUT2D eigenvalue weighted by Crippen LogP contribution is -2.29. The van der Waals surface area contributed by atoms with Gasteiger partial charge in [0.15, 0.2) is 0 Å². The van der Waals surface area contributed by atoms with Crippen LogP contribution in [0.2, 0.25) is 0 Å². The Bertz CT molecular complexity index is 483. The normalized spacial score (nSPS) is 11.5. The van der Waals surface area contributed by atoms with E-state index in [-0.39, 0.29) is 11.8 Å². The number of nitriles is 1. The van der Waals surface area contributed by atoms with Gasteiger partial charge in [0.2, 0.25) is 5.91 Å². The second-order valence-corrected chi connectivity index (χ2v) is 4.85. The highest BCUT2D eigenvalue weighted by atomic mass is 16.5. The van der Waals surface area contributed by atoms with Gasteiger partial charge in [-0.05, 0) is 25.0 Å². The van der Waals surface area contributed by atoms with Crippen molar-refractivity contribution in [3.63, 3.8) is 0 Å². The van der Waals surface area contributed by atoms with Crippen molar-refractivity contribution in [2.75, 3.05) is 18.5 Å². The number of nitrogens with zero attached hydrogens (tertiary/aromatic N) is 1. The van der Waals surface area contributed by atoms with Crippen LogP contribution in [0.1, 0.15) is 32.6 Å². The summed E-state index contributed by atoms with van der Waals surface area (Å²) in [4.78, 5) is 12.1. The van der Waals surface area contributed by atoms with Gasteiger partial charge in [-0.25, -0.2) is 0 Å². The number of benzene rings is 1. The number of nitrogens with one attached hydrogen (secondary N) is 1. The topological polar surface area (TPSA) is 88.1 Å². The van der Waals surface area contributed by atoms with Gasteiger partial charge in [0.25, 0.3) is 0 Å². The van der Waals surface area contributed by atoms with Gasteiger partial charge in [0, 0.05) is 24.7 Å². The SMILES string of the molecule is CCCC(CN)C(=O)Nc1cccc(OCCCC#N)c1. The molecule has 0 spiro atoms. The van der Waals surface area contributed by atoms with Gasteiger partial charge in [-0.1, -0.05) is 19.4 Å². The summed E-state index contributed by atoms with van der Waals surface area (Å²) in [6.07, 6.45) is 2.88. The van der Waals surface area contributed by atoms with Crippen LogP contribution in [0.5, 0.6) is 5.75 Å². The Balaban J connectivity index is 2.55. The summed E-state index contributed by atoms with van der Waals surface area (Å²) >= 11 is 0. The lowest BCUT2D eigenvalue weighted by atomic mass is 10.0. The molecule has 0 aliphatic heterocycles. The van der Waals surface area contributed by atoms with E-state index in [2.05, 4.69) is 11.4 Å². The molecule has 1 unspecified atom stereocenters. The molecule has 5 heteroatoms. The molecule has 0 saturated heterocycles. The number of hydrogen-bond acceptors (Lipinski definition) is 4. The Kier molecular flexibility index (Phi) is 7.92. The van der Waals surface area contributed by atoms with Crippen LogP contribution >= 0.6 is 0 Å². The number of ether oxygens (including phenoxy) is 1. The van der Waals surface area contributed by atoms with Gasteiger partial charge in [0.1, 0.15) is 5.75 Å². The predicted molar refractivity (Wildman–Crippen MR) is 82.9 cm³/mol. The number of carbonyl (C=O) groups is 1. The maximum Gasteiger partial charge on any atom is 0.228 e. The monoisotopic (exact) mass is 289 g/mol. The van der Waals surface area contributed by atoms with E-state index in [0.717, 1.165) is 12.8 Å². The van der Waals surface area contributed by atoms with Gasteiger partial charge in [0.05, 0.1) is 18.6 Å². The molecule has 0 bridgehead atoms. The second-order valence-electron chi connectivity index (χ2n) is 4.85. The molecule has 0 aliphatic carbocycles. The molecule has 3 N–H and O–H groups in total. The number of unbranched alkanes of at least 4 members (excludes halogenated alkanes) is 1. The van der Waals surface area contributed by atoms with Crippen molar-refractivity contribution in [2.24, 2.45) is 11.7 Å². The molecular weight excluding hydrogens is 266 g/mol. The molecule has 0 fully saturated rings. The van der Waals surface area contributed by atoms with Crippen molar-refractivity contribution >= 4 is 11.6 Å². The van der Waals surface area contributed by atoms with Gasteiger partial charge in [-0.3, -0.25) is 4.79 Å². The molecule has 114 valence electrons. The number of hydrogen-bond donors (Lipinski definition) is 2. The Labute approximate surface area is 126 Å². The first-order chi connectivity index (χ1) is 10.2. The third-order valence-electron chi connectivity index (χ3n) is 3.10. The van der Waals surface area contributed by atoms with Crippen LogP contribution in [0.4, 0.5) is 5.69 Å². The van der Waals surface area contributed by atoms with E-state index in [4.69, 9.17) is 15.7 Å². The molecule has 0 saturated carbocycles. The van der Waals surface area contributed by atoms with Crippen molar-refractivity contribution in [1.29, 1.82) is 5.26 Å². The van der Waals surface area contributed by atoms with Crippen LogP contribution in [0.15, 0.2) is 24.3 Å². The zero-order valence-corrected chi connectivity index (χ0v) is 12.5. The van der Waals surface area contributed by atoms with Crippen molar-refractivity contribution < 1.29 is 9.53 Å². The smallest absolute Gasteiger partial charge is 0.228 e. The minimum atomic E-state index is -0.157. The van der Waals surface area contributed by atoms with Gasteiger partial charge in [-0.2, -0.15) is 5.26 Å². The maximum atomic E-state index is 12.1. The predicted octanol–water partition coefficient (Wildman–Crippen LogP) is 2.68. The number of rotatable bonds is 9. The Morgan fingerprint density at radius 2 is 2.33 bits per heavy atom. The molecule has 5 nitrogen and oxygen atoms in total. The first-order valence-electron chi connectivity index (χ1n) is 7.32. The van der Waals surface area contributed by atoms with Crippen molar-refractivity contribution in [1.82, 2.24) is 0 Å². The zero-order chi connectivity index (χ0) is 15.5. The van der Waals surface area contributed by atoms with E-state index in [1.165, 1.54) is 0 Å². The lowest BCUT2D eigenvalue weighted by Gasteiger charge is -2.14. The van der Waals surface area contributed by atoms with Gasteiger partial charge < -0.3 is 15.8 Å². The molecular formula is C16H23N3O2. The molecule has 1 amide bonds. The first-order valence-corrected chi connectivity index (χ1v) is 7.32. The van der Waals surface area contributed by atoms with Crippen LogP contribution in [0.25, 0.3) is 0 Å². The Morgan fingerprint density at radius 1 is 1.52 bits per heavy atom. The average Bonchev–Trinajstić information content (AvgIpc) is 2.49. The number of nitrogens with two attached hydrogens (primary N) is 1. The fourth-order valence-corrected chi connectivity index (χ4v) is 1.95. The number of carbonyl (C=O) groups excluding carboxylic acids is 1. The maximum absolute atomic E-state index is 12.1. The fourth-order valence-electron chi connectivity index (χ4n) is 1.95. The minimum absolute atomic E-state index is 0.0546. The Hall–Kier alpha value is -2.06. The fraction of sp³-hybridized carbons (Fsp3) is 0.500. The highest BCUT2D eigenvalue weighted by Gasteiger charge is 2.15. The van der Waals surface area contributed by atoms with Crippen LogP contribution < -0.4 is 15.8 Å². The summed E-state index contributed by atoms with van der Waals surface area (Å²) < 4.78 is 5.54. The van der Waals surface area contributed by atoms with E-state index < -0.39 is 0 Å². The van der Waals surface area contributed by atoms with Crippen molar-refractivity contribution in [2.45, 2.75) is 32.6 Å². The van der Waals surface area contributed by atoms with E-state index in [1.807, 2.05) is 25.1 Å². The summed E-state index contributed by atoms with van der Waals surface area (Å²) in [7, 11) is 0. The molecule has 1 aromatic rings. The van der Waals surface area contributed by atoms with Crippen molar-refractivity contribution in [3.8, 4) is 11.8 Å². The van der Waals surface area contributed by atoms with E-state index in [9.17, 15) is 4.79 Å². The standard InChI is InChI=1S/C16H23N3O2/c1-2-6-13(12-18)16(20)19-14-7-5-8-15(11-14)21-10-4-3-9-17/h5,7-8,11,13H,2-4,6,10,12,18H2,1H3,(H,19,20). The molecule has 1 atom stereocenters. The molecule has 0 aromatic heterocycles. The van der Waals surface area contributed by atoms with Crippen LogP contribution in [-0.4, -0.2) is 19.1 Å². The molecule has 0 radical (unpaired) electrons. The van der Waals surface area contributed by atoms with Gasteiger partial charge in [-0.15, -0.1) is 0 Å². The van der Waals surface area contributed by atoms with E-state index >= 15 is 0 Å². The first kappa shape index (κ1) is 17.0. The van der Waals surface area contributed by atoms with E-state index in [1.54, 1.807) is 6.07 Å². The highest BCUT2D eigenvalue weighted by Crippen LogP contribution is 2.19. The average molecular weight is 289 g/mol. The third kappa shape index (κ3) is 6.28. The van der Waals surface area contributed by atoms with Crippen molar-refractivity contribution in [3.05, 3.63) is 24.3 Å². The van der Waals surface area contributed by atoms with E-state index in [0.29, 0.717) is 37.4 Å². The lowest BCUT2D eigenvalue weighted by molar-refractivity contribution is -0.119. The largest absolute Gasteiger partial charge is 0.493 e. The van der Waals surface area contributed by atoms with Gasteiger partial charge >= 0.3 is 0 Å². The molecule has 1 rings (SSSR count). The molecule has 1 aromatic carbocycles. The summed E-state index contributed by atoms with van der Waals surface area (Å²) in [6.45, 7) is 2.88. The van der Waals surface area contributed by atoms with Crippen LogP contribution in [-0.2, 0) is 4.79 Å². The summed E-state index contributed by atoms with van der Waals surface area (Å²) in [5, 5.41) is 11.3. The van der Waals surface area contributed by atoms with Crippen LogP contribution in [0, 0.1) is 17.2 Å². The number of anilines is 1. The summed E-state index contributed by atoms with van der Waals surface area (Å²) in [5.41, 5.74) is 6.33. The minimum Gasteiger partial charge on any atom is -0.493 e. The van der Waals surface area contributed by atoms with Crippen LogP contribution in [0.3, 0.4) is 0 Å². The third-order valence-corrected chi connectivity index (χ3v) is 3.10. The molecule has 0 heterocycles. The zero-order valence-electron chi connectivity index (χ0n) is 12.5. The highest BCUT2D eigenvalue weighted by molar-refractivity contribution is 5.92. The molecule has 21 heavy (non-hydrogen) atoms. The summed E-state index contributed by atoms with van der Waals surface area (Å²) in [5.74, 6) is 0.474. The number of amides is 1. The Morgan fingerprint density at radius 3 is 3.00 bits per heavy atom.